The first-order chi connectivity index (χ1) is 13.5. The number of nitrogens with one attached hydrogen (secondary N) is 1. The van der Waals surface area contributed by atoms with Gasteiger partial charge in [0.1, 0.15) is 11.3 Å². The van der Waals surface area contributed by atoms with Gasteiger partial charge >= 0.3 is 5.63 Å². The van der Waals surface area contributed by atoms with Crippen LogP contribution in [0.5, 0.6) is 5.75 Å². The minimum absolute atomic E-state index is 0.211. The molecule has 140 valence electrons. The lowest BCUT2D eigenvalue weighted by molar-refractivity contribution is 0.102. The third kappa shape index (κ3) is 3.23. The van der Waals surface area contributed by atoms with E-state index in [9.17, 15) is 9.59 Å². The molecule has 0 saturated heterocycles. The van der Waals surface area contributed by atoms with Gasteiger partial charge in [0, 0.05) is 23.2 Å². The molecule has 0 radical (unpaired) electrons. The molecule has 0 bridgehead atoms. The standard InChI is InChI=1S/C20H16N4O4/c1-12-19(22-23-24(12)15-4-3-5-16(11-15)27-2)20(26)21-14-7-8-17-13(10-14)6-9-18(25)28-17/h3-11H,1-2H3,(H,21,26). The van der Waals surface area contributed by atoms with Gasteiger partial charge in [-0.25, -0.2) is 9.48 Å². The number of aromatic nitrogens is 3. The van der Waals surface area contributed by atoms with Crippen LogP contribution in [0.15, 0.2) is 63.8 Å². The minimum Gasteiger partial charge on any atom is -0.497 e. The maximum atomic E-state index is 12.7. The van der Waals surface area contributed by atoms with E-state index in [1.807, 2.05) is 18.2 Å². The molecule has 2 aromatic carbocycles. The van der Waals surface area contributed by atoms with Crippen LogP contribution in [-0.4, -0.2) is 28.0 Å². The maximum absolute atomic E-state index is 12.7. The van der Waals surface area contributed by atoms with Gasteiger partial charge in [-0.05, 0) is 43.3 Å². The van der Waals surface area contributed by atoms with E-state index in [2.05, 4.69) is 15.6 Å². The zero-order chi connectivity index (χ0) is 19.7. The molecule has 8 heteroatoms. The quantitative estimate of drug-likeness (QED) is 0.550. The van der Waals surface area contributed by atoms with E-state index in [1.165, 1.54) is 6.07 Å². The van der Waals surface area contributed by atoms with E-state index in [1.54, 1.807) is 49.0 Å². The molecule has 0 fully saturated rings. The van der Waals surface area contributed by atoms with Crippen LogP contribution in [0.3, 0.4) is 0 Å². The van der Waals surface area contributed by atoms with Crippen LogP contribution in [-0.2, 0) is 0 Å². The number of fused-ring (bicyclic) bond motifs is 1. The first kappa shape index (κ1) is 17.5. The summed E-state index contributed by atoms with van der Waals surface area (Å²) in [6, 6.07) is 15.3. The molecule has 4 rings (SSSR count). The van der Waals surface area contributed by atoms with E-state index in [4.69, 9.17) is 9.15 Å². The number of nitrogens with zero attached hydrogens (tertiary/aromatic N) is 3. The molecule has 0 aliphatic rings. The van der Waals surface area contributed by atoms with Crippen molar-refractivity contribution in [1.82, 2.24) is 15.0 Å². The van der Waals surface area contributed by atoms with Gasteiger partial charge in [-0.3, -0.25) is 4.79 Å². The second-order valence-electron chi connectivity index (χ2n) is 6.10. The van der Waals surface area contributed by atoms with Crippen LogP contribution in [0.1, 0.15) is 16.2 Å². The summed E-state index contributed by atoms with van der Waals surface area (Å²) in [7, 11) is 1.58. The molecular weight excluding hydrogens is 360 g/mol. The number of rotatable bonds is 4. The number of hydrogen-bond donors (Lipinski definition) is 1. The van der Waals surface area contributed by atoms with Crippen molar-refractivity contribution in [2.24, 2.45) is 0 Å². The van der Waals surface area contributed by atoms with Gasteiger partial charge in [0.2, 0.25) is 0 Å². The van der Waals surface area contributed by atoms with Crippen LogP contribution >= 0.6 is 0 Å². The molecule has 2 aromatic heterocycles. The summed E-state index contributed by atoms with van der Waals surface area (Å²) in [6.07, 6.45) is 0. The smallest absolute Gasteiger partial charge is 0.336 e. The Morgan fingerprint density at radius 1 is 1.14 bits per heavy atom. The Kier molecular flexibility index (Phi) is 4.36. The average Bonchev–Trinajstić information content (AvgIpc) is 3.09. The van der Waals surface area contributed by atoms with Gasteiger partial charge in [-0.2, -0.15) is 0 Å². The zero-order valence-corrected chi connectivity index (χ0v) is 15.2. The fourth-order valence-corrected chi connectivity index (χ4v) is 2.87. The van der Waals surface area contributed by atoms with Crippen molar-refractivity contribution in [3.05, 3.63) is 76.4 Å². The Labute approximate surface area is 159 Å². The average molecular weight is 376 g/mol. The van der Waals surface area contributed by atoms with Crippen LogP contribution in [0.25, 0.3) is 16.7 Å². The highest BCUT2D eigenvalue weighted by Crippen LogP contribution is 2.20. The second-order valence-corrected chi connectivity index (χ2v) is 6.10. The predicted octanol–water partition coefficient (Wildman–Crippen LogP) is 2.94. The molecule has 0 aliphatic heterocycles. The van der Waals surface area contributed by atoms with Crippen LogP contribution in [0, 0.1) is 6.92 Å². The molecule has 1 amide bonds. The summed E-state index contributed by atoms with van der Waals surface area (Å²) in [5.74, 6) is 0.296. The van der Waals surface area contributed by atoms with Crippen molar-refractivity contribution in [1.29, 1.82) is 0 Å². The van der Waals surface area contributed by atoms with Crippen molar-refractivity contribution in [2.45, 2.75) is 6.92 Å². The topological polar surface area (TPSA) is 99.2 Å². The molecule has 0 spiro atoms. The number of amides is 1. The zero-order valence-electron chi connectivity index (χ0n) is 15.2. The minimum atomic E-state index is -0.422. The maximum Gasteiger partial charge on any atom is 0.336 e. The van der Waals surface area contributed by atoms with E-state index < -0.39 is 5.63 Å². The van der Waals surface area contributed by atoms with Gasteiger partial charge in [-0.15, -0.1) is 5.10 Å². The highest BCUT2D eigenvalue weighted by atomic mass is 16.5. The van der Waals surface area contributed by atoms with E-state index in [0.717, 1.165) is 5.69 Å². The molecule has 4 aromatic rings. The summed E-state index contributed by atoms with van der Waals surface area (Å²) in [5, 5.41) is 11.6. The fraction of sp³-hybridized carbons (Fsp3) is 0.100. The van der Waals surface area contributed by atoms with Crippen molar-refractivity contribution in [2.75, 3.05) is 12.4 Å². The lowest BCUT2D eigenvalue weighted by Crippen LogP contribution is -2.14. The molecule has 0 atom stereocenters. The normalized spacial score (nSPS) is 10.8. The number of anilines is 1. The highest BCUT2D eigenvalue weighted by molar-refractivity contribution is 6.04. The van der Waals surface area contributed by atoms with Gasteiger partial charge in [0.15, 0.2) is 5.69 Å². The lowest BCUT2D eigenvalue weighted by Gasteiger charge is -2.07. The van der Waals surface area contributed by atoms with Gasteiger partial charge in [-0.1, -0.05) is 11.3 Å². The van der Waals surface area contributed by atoms with Crippen LogP contribution in [0.4, 0.5) is 5.69 Å². The largest absolute Gasteiger partial charge is 0.497 e. The predicted molar refractivity (Wildman–Crippen MR) is 103 cm³/mol. The lowest BCUT2D eigenvalue weighted by atomic mass is 10.2. The summed E-state index contributed by atoms with van der Waals surface area (Å²) in [5.41, 5.74) is 2.13. The SMILES string of the molecule is COc1cccc(-n2nnc(C(=O)Nc3ccc4oc(=O)ccc4c3)c2C)c1. The van der Waals surface area contributed by atoms with Crippen LogP contribution in [0.2, 0.25) is 0 Å². The summed E-state index contributed by atoms with van der Waals surface area (Å²) in [4.78, 5) is 23.9. The molecular formula is C20H16N4O4. The first-order valence-corrected chi connectivity index (χ1v) is 8.47. The van der Waals surface area contributed by atoms with Crippen LogP contribution < -0.4 is 15.7 Å². The number of methoxy groups -OCH3 is 1. The van der Waals surface area contributed by atoms with E-state index in [0.29, 0.717) is 28.1 Å². The summed E-state index contributed by atoms with van der Waals surface area (Å²) in [6.45, 7) is 1.77. The van der Waals surface area contributed by atoms with Crippen molar-refractivity contribution < 1.29 is 13.9 Å². The Balaban J connectivity index is 1.61. The Morgan fingerprint density at radius 3 is 2.82 bits per heavy atom. The Bertz CT molecular complexity index is 1240. The molecule has 2 heterocycles. The molecule has 0 saturated carbocycles. The van der Waals surface area contributed by atoms with Gasteiger partial charge in [0.25, 0.3) is 5.91 Å². The van der Waals surface area contributed by atoms with Crippen molar-refractivity contribution in [3.63, 3.8) is 0 Å². The van der Waals surface area contributed by atoms with Crippen molar-refractivity contribution in [3.8, 4) is 11.4 Å². The van der Waals surface area contributed by atoms with Gasteiger partial charge < -0.3 is 14.5 Å². The fourth-order valence-electron chi connectivity index (χ4n) is 2.87. The molecule has 0 unspecified atom stereocenters. The van der Waals surface area contributed by atoms with E-state index in [-0.39, 0.29) is 11.6 Å². The van der Waals surface area contributed by atoms with E-state index >= 15 is 0 Å². The first-order valence-electron chi connectivity index (χ1n) is 8.47. The number of carbonyl (C=O) groups excluding carboxylic acids is 1. The summed E-state index contributed by atoms with van der Waals surface area (Å²) < 4.78 is 11.9. The number of hydrogen-bond acceptors (Lipinski definition) is 6. The Hall–Kier alpha value is -3.94. The molecule has 28 heavy (non-hydrogen) atoms. The molecule has 8 nitrogen and oxygen atoms in total. The third-order valence-electron chi connectivity index (χ3n) is 4.28. The number of benzene rings is 2. The Morgan fingerprint density at radius 2 is 2.00 bits per heavy atom. The van der Waals surface area contributed by atoms with Gasteiger partial charge in [0.05, 0.1) is 18.5 Å². The third-order valence-corrected chi connectivity index (χ3v) is 4.28. The summed E-state index contributed by atoms with van der Waals surface area (Å²) >= 11 is 0. The number of ether oxygens (including phenoxy) is 1. The number of carbonyl (C=O) groups is 1. The highest BCUT2D eigenvalue weighted by Gasteiger charge is 2.18. The monoisotopic (exact) mass is 376 g/mol. The second kappa shape index (κ2) is 6.99. The van der Waals surface area contributed by atoms with Crippen molar-refractivity contribution >= 4 is 22.6 Å². The molecule has 1 N–H and O–H groups in total. The molecule has 0 aliphatic carbocycles.